The van der Waals surface area contributed by atoms with E-state index in [1.165, 1.54) is 40.3 Å². The van der Waals surface area contributed by atoms with Gasteiger partial charge >= 0.3 is 0 Å². The normalized spacial score (nSPS) is 14.9. The molecule has 0 radical (unpaired) electrons. The maximum atomic E-state index is 12.6. The molecule has 2 aromatic rings. The molecule has 0 saturated carbocycles. The van der Waals surface area contributed by atoms with Crippen LogP contribution >= 0.6 is 11.8 Å². The maximum Gasteiger partial charge on any atom is 0.269 e. The number of hydrogen-bond donors (Lipinski definition) is 1. The first-order valence-electron chi connectivity index (χ1n) is 9.15. The van der Waals surface area contributed by atoms with Crippen molar-refractivity contribution in [1.82, 2.24) is 4.31 Å². The molecule has 2 aromatic carbocycles. The molecule has 1 aliphatic heterocycles. The van der Waals surface area contributed by atoms with Gasteiger partial charge in [-0.3, -0.25) is 14.9 Å². The minimum atomic E-state index is -3.57. The zero-order valence-electron chi connectivity index (χ0n) is 16.0. The number of nitrogens with one attached hydrogen (secondary N) is 1. The van der Waals surface area contributed by atoms with Crippen molar-refractivity contribution in [3.63, 3.8) is 0 Å². The number of nitrogens with zero attached hydrogens (tertiary/aromatic N) is 2. The van der Waals surface area contributed by atoms with Crippen molar-refractivity contribution in [3.05, 3.63) is 64.2 Å². The zero-order chi connectivity index (χ0) is 21.6. The van der Waals surface area contributed by atoms with Gasteiger partial charge in [0, 0.05) is 36.7 Å². The van der Waals surface area contributed by atoms with E-state index in [4.69, 9.17) is 4.74 Å². The Morgan fingerprint density at radius 3 is 2.33 bits per heavy atom. The number of anilines is 1. The Hall–Kier alpha value is -2.47. The van der Waals surface area contributed by atoms with Crippen molar-refractivity contribution in [3.8, 4) is 0 Å². The summed E-state index contributed by atoms with van der Waals surface area (Å²) in [5.41, 5.74) is 1.42. The number of morpholine rings is 1. The van der Waals surface area contributed by atoms with Crippen LogP contribution in [0.15, 0.2) is 53.4 Å². The number of amides is 1. The highest BCUT2D eigenvalue weighted by Crippen LogP contribution is 2.20. The summed E-state index contributed by atoms with van der Waals surface area (Å²) in [6.07, 6.45) is 0. The van der Waals surface area contributed by atoms with Crippen LogP contribution in [-0.2, 0) is 25.3 Å². The Bertz CT molecular complexity index is 988. The number of thioether (sulfide) groups is 1. The van der Waals surface area contributed by atoms with E-state index in [0.717, 1.165) is 5.56 Å². The Morgan fingerprint density at radius 1 is 1.10 bits per heavy atom. The molecule has 1 heterocycles. The summed E-state index contributed by atoms with van der Waals surface area (Å²) >= 11 is 1.38. The van der Waals surface area contributed by atoms with E-state index in [9.17, 15) is 23.3 Å². The van der Waals surface area contributed by atoms with Crippen LogP contribution in [0.3, 0.4) is 0 Å². The smallest absolute Gasteiger partial charge is 0.269 e. The molecule has 1 aliphatic rings. The summed E-state index contributed by atoms with van der Waals surface area (Å²) < 4.78 is 31.8. The lowest BCUT2D eigenvalue weighted by atomic mass is 10.2. The van der Waals surface area contributed by atoms with Gasteiger partial charge in [0.1, 0.15) is 0 Å². The second-order valence-electron chi connectivity index (χ2n) is 6.51. The molecule has 0 aliphatic carbocycles. The second-order valence-corrected chi connectivity index (χ2v) is 9.43. The van der Waals surface area contributed by atoms with Crippen LogP contribution in [0.4, 0.5) is 11.4 Å². The van der Waals surface area contributed by atoms with Crippen molar-refractivity contribution in [2.75, 3.05) is 37.4 Å². The maximum absolute atomic E-state index is 12.6. The van der Waals surface area contributed by atoms with E-state index in [-0.39, 0.29) is 22.2 Å². The SMILES string of the molecule is O=C(CSCc1ccc([N+](=O)[O-])cc1)Nc1ccc(S(=O)(=O)N2CCOCC2)cc1. The number of non-ortho nitro benzene ring substituents is 1. The van der Waals surface area contributed by atoms with Crippen LogP contribution < -0.4 is 5.32 Å². The number of nitro benzene ring substituents is 1. The standard InChI is InChI=1S/C19H21N3O6S2/c23-19(14-29-13-15-1-5-17(6-2-15)22(24)25)20-16-3-7-18(8-4-16)30(26,27)21-9-11-28-12-10-21/h1-8H,9-14H2,(H,20,23). The van der Waals surface area contributed by atoms with Gasteiger partial charge in [0.05, 0.1) is 28.8 Å². The summed E-state index contributed by atoms with van der Waals surface area (Å²) in [6.45, 7) is 1.41. The molecule has 1 fully saturated rings. The van der Waals surface area contributed by atoms with Gasteiger partial charge in [-0.05, 0) is 29.8 Å². The van der Waals surface area contributed by atoms with E-state index in [0.29, 0.717) is 37.7 Å². The first-order chi connectivity index (χ1) is 14.4. The van der Waals surface area contributed by atoms with E-state index in [2.05, 4.69) is 5.32 Å². The number of carbonyl (C=O) groups is 1. The van der Waals surface area contributed by atoms with Crippen molar-refractivity contribution in [1.29, 1.82) is 0 Å². The molecule has 11 heteroatoms. The van der Waals surface area contributed by atoms with Gasteiger partial charge in [-0.15, -0.1) is 11.8 Å². The summed E-state index contributed by atoms with van der Waals surface area (Å²) in [6, 6.07) is 12.3. The van der Waals surface area contributed by atoms with Crippen molar-refractivity contribution >= 4 is 39.1 Å². The molecule has 0 spiro atoms. The molecule has 1 N–H and O–H groups in total. The number of ether oxygens (including phenoxy) is 1. The molecule has 0 bridgehead atoms. The van der Waals surface area contributed by atoms with Crippen LogP contribution in [0.2, 0.25) is 0 Å². The Labute approximate surface area is 178 Å². The third kappa shape index (κ3) is 5.79. The highest BCUT2D eigenvalue weighted by atomic mass is 32.2. The minimum Gasteiger partial charge on any atom is -0.379 e. The highest BCUT2D eigenvalue weighted by molar-refractivity contribution is 7.99. The lowest BCUT2D eigenvalue weighted by Gasteiger charge is -2.26. The Kier molecular flexibility index (Phi) is 7.43. The van der Waals surface area contributed by atoms with Gasteiger partial charge in [0.25, 0.3) is 5.69 Å². The van der Waals surface area contributed by atoms with Crippen LogP contribution in [-0.4, -0.2) is 55.6 Å². The molecule has 1 amide bonds. The number of hydrogen-bond acceptors (Lipinski definition) is 7. The third-order valence-corrected chi connectivity index (χ3v) is 7.31. The van der Waals surface area contributed by atoms with E-state index >= 15 is 0 Å². The molecule has 0 unspecified atom stereocenters. The molecule has 160 valence electrons. The molecular formula is C19H21N3O6S2. The number of rotatable bonds is 8. The summed E-state index contributed by atoms with van der Waals surface area (Å²) in [5.74, 6) is 0.526. The monoisotopic (exact) mass is 451 g/mol. The zero-order valence-corrected chi connectivity index (χ0v) is 17.7. The van der Waals surface area contributed by atoms with Crippen molar-refractivity contribution in [2.24, 2.45) is 0 Å². The second kappa shape index (κ2) is 10.0. The van der Waals surface area contributed by atoms with Gasteiger partial charge in [-0.25, -0.2) is 8.42 Å². The van der Waals surface area contributed by atoms with Crippen LogP contribution in [0, 0.1) is 10.1 Å². The summed E-state index contributed by atoms with van der Waals surface area (Å²) in [7, 11) is -3.57. The molecule has 0 atom stereocenters. The number of carbonyl (C=O) groups excluding carboxylic acids is 1. The fraction of sp³-hybridized carbons (Fsp3) is 0.316. The molecule has 3 rings (SSSR count). The predicted molar refractivity (Wildman–Crippen MR) is 114 cm³/mol. The van der Waals surface area contributed by atoms with Crippen molar-refractivity contribution < 1.29 is 22.9 Å². The van der Waals surface area contributed by atoms with Gasteiger partial charge < -0.3 is 10.1 Å². The first-order valence-corrected chi connectivity index (χ1v) is 11.7. The topological polar surface area (TPSA) is 119 Å². The van der Waals surface area contributed by atoms with Crippen LogP contribution in [0.25, 0.3) is 0 Å². The van der Waals surface area contributed by atoms with Crippen molar-refractivity contribution in [2.45, 2.75) is 10.6 Å². The molecule has 1 saturated heterocycles. The fourth-order valence-corrected chi connectivity index (χ4v) is 5.01. The lowest BCUT2D eigenvalue weighted by molar-refractivity contribution is -0.384. The number of benzene rings is 2. The summed E-state index contributed by atoms with van der Waals surface area (Å²) in [5, 5.41) is 13.4. The lowest BCUT2D eigenvalue weighted by Crippen LogP contribution is -2.40. The molecular weight excluding hydrogens is 430 g/mol. The first kappa shape index (κ1) is 22.2. The van der Waals surface area contributed by atoms with Crippen LogP contribution in [0.5, 0.6) is 0 Å². The Morgan fingerprint density at radius 2 is 1.73 bits per heavy atom. The highest BCUT2D eigenvalue weighted by Gasteiger charge is 2.26. The molecule has 9 nitrogen and oxygen atoms in total. The van der Waals surface area contributed by atoms with Gasteiger partial charge in [-0.2, -0.15) is 4.31 Å². The fourth-order valence-electron chi connectivity index (χ4n) is 2.82. The summed E-state index contributed by atoms with van der Waals surface area (Å²) in [4.78, 5) is 22.5. The van der Waals surface area contributed by atoms with E-state index in [1.807, 2.05) is 0 Å². The number of sulfonamides is 1. The van der Waals surface area contributed by atoms with Gasteiger partial charge in [0.2, 0.25) is 15.9 Å². The minimum absolute atomic E-state index is 0.0283. The van der Waals surface area contributed by atoms with E-state index < -0.39 is 14.9 Å². The predicted octanol–water partition coefficient (Wildman–Crippen LogP) is 2.49. The third-order valence-electron chi connectivity index (χ3n) is 4.39. The van der Waals surface area contributed by atoms with Gasteiger partial charge in [0.15, 0.2) is 0 Å². The number of nitro groups is 1. The largest absolute Gasteiger partial charge is 0.379 e. The van der Waals surface area contributed by atoms with Gasteiger partial charge in [-0.1, -0.05) is 12.1 Å². The quantitative estimate of drug-likeness (QED) is 0.484. The average Bonchev–Trinajstić information content (AvgIpc) is 2.75. The average molecular weight is 452 g/mol. The molecule has 0 aromatic heterocycles. The Balaban J connectivity index is 1.49. The van der Waals surface area contributed by atoms with E-state index in [1.54, 1.807) is 24.3 Å². The molecule has 30 heavy (non-hydrogen) atoms. The van der Waals surface area contributed by atoms with Crippen LogP contribution in [0.1, 0.15) is 5.56 Å².